The lowest BCUT2D eigenvalue weighted by molar-refractivity contribution is -0.384. The summed E-state index contributed by atoms with van der Waals surface area (Å²) < 4.78 is 22.6. The minimum absolute atomic E-state index is 0.116. The third-order valence-corrected chi connectivity index (χ3v) is 3.39. The van der Waals surface area contributed by atoms with E-state index in [0.717, 1.165) is 25.0 Å². The lowest BCUT2D eigenvalue weighted by Gasteiger charge is -2.09. The fourth-order valence-corrected chi connectivity index (χ4v) is 2.12. The number of nitro groups is 1. The molecule has 17 heavy (non-hydrogen) atoms. The molecule has 0 atom stereocenters. The maximum atomic E-state index is 11.3. The normalized spacial score (nSPS) is 15.6. The van der Waals surface area contributed by atoms with Crippen molar-refractivity contribution in [3.63, 3.8) is 0 Å². The molecule has 0 aromatic heterocycles. The Bertz CT molecular complexity index is 566. The number of nitrogens with one attached hydrogen (secondary N) is 1. The van der Waals surface area contributed by atoms with Crippen molar-refractivity contribution in [1.82, 2.24) is 0 Å². The summed E-state index contributed by atoms with van der Waals surface area (Å²) in [5.74, 6) is 0. The van der Waals surface area contributed by atoms with Crippen molar-refractivity contribution in [3.8, 4) is 0 Å². The van der Waals surface area contributed by atoms with E-state index in [2.05, 4.69) is 5.32 Å². The maximum Gasteiger partial charge on any atom is 0.271 e. The van der Waals surface area contributed by atoms with Crippen LogP contribution in [0.2, 0.25) is 0 Å². The molecule has 1 aromatic rings. The van der Waals surface area contributed by atoms with Crippen molar-refractivity contribution in [2.24, 2.45) is 5.14 Å². The lowest BCUT2D eigenvalue weighted by Crippen LogP contribution is -2.16. The second-order valence-corrected chi connectivity index (χ2v) is 5.43. The van der Waals surface area contributed by atoms with Gasteiger partial charge < -0.3 is 5.32 Å². The molecule has 7 nitrogen and oxygen atoms in total. The first kappa shape index (κ1) is 11.8. The topological polar surface area (TPSA) is 115 Å². The van der Waals surface area contributed by atoms with Gasteiger partial charge in [-0.05, 0) is 18.9 Å². The predicted octanol–water partition coefficient (Wildman–Crippen LogP) is 0.817. The molecule has 3 N–H and O–H groups in total. The predicted molar refractivity (Wildman–Crippen MR) is 61.1 cm³/mol. The number of hydrogen-bond acceptors (Lipinski definition) is 5. The summed E-state index contributed by atoms with van der Waals surface area (Å²) in [5.41, 5.74) is 0.0322. The van der Waals surface area contributed by atoms with Crippen molar-refractivity contribution in [3.05, 3.63) is 28.3 Å². The Kier molecular flexibility index (Phi) is 2.76. The summed E-state index contributed by atoms with van der Waals surface area (Å²) in [4.78, 5) is 9.92. The van der Waals surface area contributed by atoms with Gasteiger partial charge in [-0.2, -0.15) is 0 Å². The quantitative estimate of drug-likeness (QED) is 0.611. The van der Waals surface area contributed by atoms with Crippen LogP contribution in [0, 0.1) is 10.1 Å². The van der Waals surface area contributed by atoms with Crippen LogP contribution in [0.3, 0.4) is 0 Å². The first-order chi connectivity index (χ1) is 7.88. The van der Waals surface area contributed by atoms with Crippen LogP contribution in [0.5, 0.6) is 0 Å². The molecule has 1 fully saturated rings. The number of rotatable bonds is 4. The van der Waals surface area contributed by atoms with E-state index in [4.69, 9.17) is 5.14 Å². The van der Waals surface area contributed by atoms with Crippen molar-refractivity contribution < 1.29 is 13.3 Å². The molecule has 1 aliphatic carbocycles. The zero-order valence-electron chi connectivity index (χ0n) is 8.79. The van der Waals surface area contributed by atoms with Crippen molar-refractivity contribution in [2.75, 3.05) is 5.32 Å². The van der Waals surface area contributed by atoms with Gasteiger partial charge in [0.25, 0.3) is 5.69 Å². The average Bonchev–Trinajstić information content (AvgIpc) is 2.99. The van der Waals surface area contributed by atoms with E-state index in [1.807, 2.05) is 0 Å². The Morgan fingerprint density at radius 1 is 1.41 bits per heavy atom. The van der Waals surface area contributed by atoms with Crippen LogP contribution in [-0.2, 0) is 10.0 Å². The van der Waals surface area contributed by atoms with Gasteiger partial charge >= 0.3 is 0 Å². The van der Waals surface area contributed by atoms with Gasteiger partial charge in [-0.3, -0.25) is 10.1 Å². The van der Waals surface area contributed by atoms with Crippen LogP contribution < -0.4 is 10.5 Å². The van der Waals surface area contributed by atoms with Crippen molar-refractivity contribution >= 4 is 21.4 Å². The van der Waals surface area contributed by atoms with Crippen LogP contribution in [0.1, 0.15) is 12.8 Å². The molecular weight excluding hydrogens is 246 g/mol. The number of hydrogen-bond donors (Lipinski definition) is 2. The molecular formula is C9H11N3O4S. The molecule has 0 spiro atoms. The minimum atomic E-state index is -3.88. The standard InChI is InChI=1S/C9H11N3O4S/c10-17(15,16)9-4-3-7(12(13)14)5-8(9)11-6-1-2-6/h3-6,11H,1-2H2,(H2,10,15,16). The largest absolute Gasteiger partial charge is 0.381 e. The van der Waals surface area contributed by atoms with Crippen LogP contribution in [0.4, 0.5) is 11.4 Å². The van der Waals surface area contributed by atoms with Crippen molar-refractivity contribution in [2.45, 2.75) is 23.8 Å². The Labute approximate surface area is 97.8 Å². The molecule has 8 heteroatoms. The molecule has 0 bridgehead atoms. The third kappa shape index (κ3) is 2.71. The van der Waals surface area contributed by atoms with E-state index in [0.29, 0.717) is 0 Å². The van der Waals surface area contributed by atoms with E-state index in [1.54, 1.807) is 0 Å². The van der Waals surface area contributed by atoms with Crippen LogP contribution in [0.25, 0.3) is 0 Å². The van der Waals surface area contributed by atoms with E-state index in [-0.39, 0.29) is 22.3 Å². The SMILES string of the molecule is NS(=O)(=O)c1ccc([N+](=O)[O-])cc1NC1CC1. The van der Waals surface area contributed by atoms with Gasteiger partial charge in [-0.25, -0.2) is 13.6 Å². The number of anilines is 1. The second kappa shape index (κ2) is 3.97. The number of nitro benzene ring substituents is 1. The van der Waals surface area contributed by atoms with Gasteiger partial charge in [0.2, 0.25) is 10.0 Å². The third-order valence-electron chi connectivity index (χ3n) is 2.42. The number of nitrogens with two attached hydrogens (primary N) is 1. The van der Waals surface area contributed by atoms with Crippen LogP contribution in [0.15, 0.2) is 23.1 Å². The molecule has 92 valence electrons. The first-order valence-electron chi connectivity index (χ1n) is 4.96. The summed E-state index contributed by atoms with van der Waals surface area (Å²) in [5, 5.41) is 18.6. The number of sulfonamides is 1. The fourth-order valence-electron chi connectivity index (χ4n) is 1.44. The molecule has 1 aromatic carbocycles. The zero-order valence-corrected chi connectivity index (χ0v) is 9.61. The van der Waals surface area contributed by atoms with Gasteiger partial charge in [-0.1, -0.05) is 0 Å². The minimum Gasteiger partial charge on any atom is -0.381 e. The Morgan fingerprint density at radius 2 is 2.06 bits per heavy atom. The first-order valence-corrected chi connectivity index (χ1v) is 6.50. The van der Waals surface area contributed by atoms with E-state index < -0.39 is 14.9 Å². The van der Waals surface area contributed by atoms with Gasteiger partial charge in [0.15, 0.2) is 0 Å². The highest BCUT2D eigenvalue weighted by Crippen LogP contribution is 2.31. The highest BCUT2D eigenvalue weighted by Gasteiger charge is 2.25. The fraction of sp³-hybridized carbons (Fsp3) is 0.333. The lowest BCUT2D eigenvalue weighted by atomic mass is 10.3. The summed E-state index contributed by atoms with van der Waals surface area (Å²) in [7, 11) is -3.88. The molecule has 0 amide bonds. The van der Waals surface area contributed by atoms with E-state index in [1.165, 1.54) is 6.07 Å². The van der Waals surface area contributed by atoms with Crippen molar-refractivity contribution in [1.29, 1.82) is 0 Å². The molecule has 1 saturated carbocycles. The molecule has 0 heterocycles. The van der Waals surface area contributed by atoms with E-state index >= 15 is 0 Å². The number of primary sulfonamides is 1. The smallest absolute Gasteiger partial charge is 0.271 e. The van der Waals surface area contributed by atoms with Gasteiger partial charge in [-0.15, -0.1) is 0 Å². The van der Waals surface area contributed by atoms with E-state index in [9.17, 15) is 18.5 Å². The highest BCUT2D eigenvalue weighted by molar-refractivity contribution is 7.89. The summed E-state index contributed by atoms with van der Waals surface area (Å²) >= 11 is 0. The van der Waals surface area contributed by atoms with Gasteiger partial charge in [0.1, 0.15) is 4.90 Å². The highest BCUT2D eigenvalue weighted by atomic mass is 32.2. The summed E-state index contributed by atoms with van der Waals surface area (Å²) in [6.45, 7) is 0. The average molecular weight is 257 g/mol. The number of non-ortho nitro benzene ring substituents is 1. The Morgan fingerprint density at radius 3 is 2.53 bits per heavy atom. The van der Waals surface area contributed by atoms with Gasteiger partial charge in [0.05, 0.1) is 10.6 Å². The summed E-state index contributed by atoms with van der Waals surface area (Å²) in [6, 6.07) is 3.64. The molecule has 0 unspecified atom stereocenters. The molecule has 0 aliphatic heterocycles. The molecule has 0 radical (unpaired) electrons. The Balaban J connectivity index is 2.47. The second-order valence-electron chi connectivity index (χ2n) is 3.90. The molecule has 2 rings (SSSR count). The van der Waals surface area contributed by atoms with Gasteiger partial charge in [0, 0.05) is 18.2 Å². The molecule has 0 saturated heterocycles. The number of benzene rings is 1. The number of nitrogens with zero attached hydrogens (tertiary/aromatic N) is 1. The zero-order chi connectivity index (χ0) is 12.6. The van der Waals surface area contributed by atoms with Crippen LogP contribution >= 0.6 is 0 Å². The Hall–Kier alpha value is -1.67. The van der Waals surface area contributed by atoms with Crippen LogP contribution in [-0.4, -0.2) is 19.4 Å². The summed E-state index contributed by atoms with van der Waals surface area (Å²) in [6.07, 6.45) is 1.85. The maximum absolute atomic E-state index is 11.3. The monoisotopic (exact) mass is 257 g/mol. The molecule has 1 aliphatic rings.